The zero-order chi connectivity index (χ0) is 25.6. The molecule has 0 spiro atoms. The molecule has 0 N–H and O–H groups in total. The molecule has 0 radical (unpaired) electrons. The monoisotopic (exact) mass is 545 g/mol. The van der Waals surface area contributed by atoms with E-state index in [4.69, 9.17) is 32.7 Å². The van der Waals surface area contributed by atoms with Crippen LogP contribution in [0.25, 0.3) is 0 Å². The summed E-state index contributed by atoms with van der Waals surface area (Å²) >= 11 is 13.3. The maximum atomic E-state index is 12.9. The number of halogens is 5. The number of carbonyl (C=O) groups excluding carboxylic acids is 1. The van der Waals surface area contributed by atoms with Gasteiger partial charge in [-0.1, -0.05) is 53.5 Å². The van der Waals surface area contributed by atoms with Crippen LogP contribution in [-0.2, 0) is 16.7 Å². The van der Waals surface area contributed by atoms with E-state index in [1.54, 1.807) is 0 Å². The molecule has 0 saturated carbocycles. The quantitative estimate of drug-likeness (QED) is 0.118. The summed E-state index contributed by atoms with van der Waals surface area (Å²) in [6.45, 7) is 0.00906. The van der Waals surface area contributed by atoms with Crippen molar-refractivity contribution in [3.8, 4) is 11.5 Å². The average molecular weight is 546 g/mol. The summed E-state index contributed by atoms with van der Waals surface area (Å²) in [5.74, 6) is -0.193. The van der Waals surface area contributed by atoms with Gasteiger partial charge in [-0.05, 0) is 23.8 Å². The van der Waals surface area contributed by atoms with E-state index >= 15 is 0 Å². The second-order valence-electron chi connectivity index (χ2n) is 6.98. The molecule has 184 valence electrons. The lowest BCUT2D eigenvalue weighted by Crippen LogP contribution is -2.10. The number of rotatable bonds is 9. The number of hydrogen-bond donors (Lipinski definition) is 0. The van der Waals surface area contributed by atoms with E-state index in [9.17, 15) is 28.1 Å². The van der Waals surface area contributed by atoms with Crippen LogP contribution in [0, 0.1) is 10.1 Å². The first kappa shape index (κ1) is 26.7. The Hall–Kier alpha value is -2.95. The first-order valence-electron chi connectivity index (χ1n) is 9.87. The Balaban J connectivity index is 1.71. The zero-order valence-electron chi connectivity index (χ0n) is 17.7. The molecule has 0 aliphatic rings. The molecule has 3 aromatic rings. The fourth-order valence-corrected chi connectivity index (χ4v) is 4.21. The number of carbonyl (C=O) groups is 1. The van der Waals surface area contributed by atoms with E-state index < -0.39 is 38.4 Å². The molecule has 0 bridgehead atoms. The highest BCUT2D eigenvalue weighted by atomic mass is 35.5. The minimum Gasteiger partial charge on any atom is -0.461 e. The van der Waals surface area contributed by atoms with Crippen molar-refractivity contribution in [2.45, 2.75) is 11.9 Å². The van der Waals surface area contributed by atoms with E-state index in [-0.39, 0.29) is 23.7 Å². The lowest BCUT2D eigenvalue weighted by atomic mass is 10.1. The molecule has 0 saturated heterocycles. The molecule has 0 unspecified atom stereocenters. The molecule has 35 heavy (non-hydrogen) atoms. The molecule has 0 fully saturated rings. The summed E-state index contributed by atoms with van der Waals surface area (Å²) in [5, 5.41) is 10.5. The summed E-state index contributed by atoms with van der Waals surface area (Å²) in [7, 11) is 0. The highest BCUT2D eigenvalue weighted by Gasteiger charge is 2.32. The van der Waals surface area contributed by atoms with Crippen molar-refractivity contribution in [1.29, 1.82) is 0 Å². The molecule has 6 nitrogen and oxygen atoms in total. The van der Waals surface area contributed by atoms with Gasteiger partial charge in [0.25, 0.3) is 5.69 Å². The van der Waals surface area contributed by atoms with Gasteiger partial charge in [0.05, 0.1) is 20.5 Å². The summed E-state index contributed by atoms with van der Waals surface area (Å²) in [5.41, 5.74) is -0.883. The Bertz CT molecular complexity index is 1200. The van der Waals surface area contributed by atoms with Crippen molar-refractivity contribution in [1.82, 2.24) is 0 Å². The fraction of sp³-hybridized carbons (Fsp3) is 0.174. The minimum absolute atomic E-state index is 0.00906. The van der Waals surface area contributed by atoms with E-state index in [0.29, 0.717) is 23.6 Å². The molecule has 0 aromatic heterocycles. The lowest BCUT2D eigenvalue weighted by Gasteiger charge is -2.14. The summed E-state index contributed by atoms with van der Waals surface area (Å²) in [4.78, 5) is 23.1. The third kappa shape index (κ3) is 7.27. The van der Waals surface area contributed by atoms with Gasteiger partial charge in [-0.25, -0.2) is 4.79 Å². The van der Waals surface area contributed by atoms with E-state index in [1.807, 2.05) is 30.3 Å². The molecule has 12 heteroatoms. The molecule has 0 heterocycles. The predicted molar refractivity (Wildman–Crippen MR) is 128 cm³/mol. The van der Waals surface area contributed by atoms with Crippen LogP contribution in [0.5, 0.6) is 11.5 Å². The van der Waals surface area contributed by atoms with Gasteiger partial charge in [0.2, 0.25) is 0 Å². The van der Waals surface area contributed by atoms with Gasteiger partial charge in [0, 0.05) is 23.6 Å². The Labute approximate surface area is 212 Å². The topological polar surface area (TPSA) is 78.7 Å². The number of alkyl halides is 3. The summed E-state index contributed by atoms with van der Waals surface area (Å²) < 4.78 is 49.4. The predicted octanol–water partition coefficient (Wildman–Crippen LogP) is 7.80. The Kier molecular flexibility index (Phi) is 8.87. The normalized spacial score (nSPS) is 11.2. The highest BCUT2D eigenvalue weighted by Crippen LogP contribution is 2.42. The smallest absolute Gasteiger partial charge is 0.416 e. The van der Waals surface area contributed by atoms with Gasteiger partial charge >= 0.3 is 12.1 Å². The number of nitro groups is 1. The van der Waals surface area contributed by atoms with E-state index in [0.717, 1.165) is 23.8 Å². The van der Waals surface area contributed by atoms with E-state index in [2.05, 4.69) is 0 Å². The third-order valence-corrected chi connectivity index (χ3v) is 6.06. The summed E-state index contributed by atoms with van der Waals surface area (Å²) in [6.07, 6.45) is -4.67. The van der Waals surface area contributed by atoms with Gasteiger partial charge in [-0.15, -0.1) is 0 Å². The van der Waals surface area contributed by atoms with Crippen LogP contribution >= 0.6 is 35.0 Å². The number of nitrogens with zero attached hydrogens (tertiary/aromatic N) is 1. The first-order valence-corrected chi connectivity index (χ1v) is 11.8. The van der Waals surface area contributed by atoms with Crippen molar-refractivity contribution in [3.63, 3.8) is 0 Å². The van der Waals surface area contributed by atoms with Crippen LogP contribution in [0.2, 0.25) is 10.0 Å². The average Bonchev–Trinajstić information content (AvgIpc) is 2.80. The fourth-order valence-electron chi connectivity index (χ4n) is 2.88. The number of benzene rings is 3. The highest BCUT2D eigenvalue weighted by molar-refractivity contribution is 7.98. The zero-order valence-corrected chi connectivity index (χ0v) is 20.0. The molecular formula is C23H16Cl2F3NO5S. The first-order chi connectivity index (χ1) is 16.6. The Morgan fingerprint density at radius 2 is 1.69 bits per heavy atom. The number of hydrogen-bond acceptors (Lipinski definition) is 6. The van der Waals surface area contributed by atoms with Crippen molar-refractivity contribution in [2.24, 2.45) is 0 Å². The van der Waals surface area contributed by atoms with Crippen LogP contribution in [0.4, 0.5) is 18.9 Å². The number of esters is 1. The number of thioether (sulfide) groups is 1. The van der Waals surface area contributed by atoms with E-state index in [1.165, 1.54) is 11.8 Å². The van der Waals surface area contributed by atoms with Gasteiger partial charge in [0.1, 0.15) is 17.9 Å². The molecule has 0 aliphatic carbocycles. The molecule has 3 rings (SSSR count). The second kappa shape index (κ2) is 11.7. The third-order valence-electron chi connectivity index (χ3n) is 4.50. The maximum absolute atomic E-state index is 12.9. The van der Waals surface area contributed by atoms with Gasteiger partial charge < -0.3 is 9.47 Å². The van der Waals surface area contributed by atoms with Crippen LogP contribution in [-0.4, -0.2) is 23.3 Å². The molecule has 0 aliphatic heterocycles. The Morgan fingerprint density at radius 1 is 1.03 bits per heavy atom. The lowest BCUT2D eigenvalue weighted by molar-refractivity contribution is -0.385. The molecule has 0 atom stereocenters. The maximum Gasteiger partial charge on any atom is 0.416 e. The summed E-state index contributed by atoms with van der Waals surface area (Å²) in [6, 6.07) is 14.1. The SMILES string of the molecule is O=C(OCCSCc1ccccc1)c1cc(Oc2c(Cl)cc(C(F)(F)F)cc2Cl)ccc1[N+](=O)[O-]. The Morgan fingerprint density at radius 3 is 2.29 bits per heavy atom. The van der Waals surface area contributed by atoms with Crippen molar-refractivity contribution >= 4 is 46.6 Å². The second-order valence-corrected chi connectivity index (χ2v) is 8.90. The minimum atomic E-state index is -4.67. The van der Waals surface area contributed by atoms with Crippen molar-refractivity contribution < 1.29 is 32.4 Å². The van der Waals surface area contributed by atoms with Crippen molar-refractivity contribution in [2.75, 3.05) is 12.4 Å². The van der Waals surface area contributed by atoms with Gasteiger partial charge in [0.15, 0.2) is 5.75 Å². The van der Waals surface area contributed by atoms with Crippen LogP contribution < -0.4 is 4.74 Å². The van der Waals surface area contributed by atoms with Crippen LogP contribution in [0.15, 0.2) is 60.7 Å². The number of nitro benzene ring substituents is 1. The molecular weight excluding hydrogens is 530 g/mol. The molecule has 3 aromatic carbocycles. The van der Waals surface area contributed by atoms with Crippen LogP contribution in [0.3, 0.4) is 0 Å². The van der Waals surface area contributed by atoms with Crippen molar-refractivity contribution in [3.05, 3.63) is 97.5 Å². The largest absolute Gasteiger partial charge is 0.461 e. The van der Waals surface area contributed by atoms with Crippen LogP contribution in [0.1, 0.15) is 21.5 Å². The molecule has 0 amide bonds. The van der Waals surface area contributed by atoms with Gasteiger partial charge in [-0.3, -0.25) is 10.1 Å². The standard InChI is InChI=1S/C23H16Cl2F3NO5S/c24-18-10-15(23(26,27)28)11-19(25)21(18)34-16-6-7-20(29(31)32)17(12-16)22(30)33-8-9-35-13-14-4-2-1-3-5-14/h1-7,10-12H,8-9,13H2. The van der Waals surface area contributed by atoms with Gasteiger partial charge in [-0.2, -0.15) is 24.9 Å². The number of ether oxygens (including phenoxy) is 2.